The van der Waals surface area contributed by atoms with Gasteiger partial charge in [-0.05, 0) is 60.0 Å². The first-order valence-electron chi connectivity index (χ1n) is 10.1. The Morgan fingerprint density at radius 3 is 2.35 bits per heavy atom. The van der Waals surface area contributed by atoms with Gasteiger partial charge in [0.15, 0.2) is 0 Å². The van der Waals surface area contributed by atoms with E-state index in [1.165, 1.54) is 36.0 Å². The first kappa shape index (κ1) is 17.6. The van der Waals surface area contributed by atoms with Crippen LogP contribution in [-0.4, -0.2) is 5.11 Å². The highest BCUT2D eigenvalue weighted by atomic mass is 16.3. The zero-order valence-corrected chi connectivity index (χ0v) is 16.8. The van der Waals surface area contributed by atoms with Crippen molar-refractivity contribution in [3.8, 4) is 5.75 Å². The lowest BCUT2D eigenvalue weighted by Crippen LogP contribution is -2.31. The Morgan fingerprint density at radius 2 is 1.77 bits per heavy atom. The molecule has 0 amide bonds. The largest absolute Gasteiger partial charge is 0.507 e. The summed E-state index contributed by atoms with van der Waals surface area (Å²) in [5.41, 5.74) is 5.45. The monoisotopic (exact) mass is 348 g/mol. The molecule has 0 heterocycles. The molecule has 4 unspecified atom stereocenters. The van der Waals surface area contributed by atoms with Gasteiger partial charge in [-0.25, -0.2) is 0 Å². The average Bonchev–Trinajstić information content (AvgIpc) is 2.96. The normalized spacial score (nSPS) is 30.5. The van der Waals surface area contributed by atoms with E-state index in [4.69, 9.17) is 0 Å². The Hall–Kier alpha value is -1.76. The van der Waals surface area contributed by atoms with E-state index in [0.717, 1.165) is 11.5 Å². The lowest BCUT2D eigenvalue weighted by atomic mass is 9.64. The fourth-order valence-corrected chi connectivity index (χ4v) is 6.03. The van der Waals surface area contributed by atoms with Crippen LogP contribution in [-0.2, 0) is 0 Å². The second kappa shape index (κ2) is 5.87. The van der Waals surface area contributed by atoms with Crippen LogP contribution in [0.25, 0.3) is 0 Å². The molecule has 1 nitrogen and oxygen atoms in total. The number of benzene rings is 2. The van der Waals surface area contributed by atoms with E-state index in [-0.39, 0.29) is 11.3 Å². The maximum Gasteiger partial charge on any atom is 0.122 e. The summed E-state index contributed by atoms with van der Waals surface area (Å²) in [6.07, 6.45) is 3.85. The van der Waals surface area contributed by atoms with E-state index in [1.54, 1.807) is 0 Å². The molecule has 2 fully saturated rings. The lowest BCUT2D eigenvalue weighted by Gasteiger charge is -2.40. The van der Waals surface area contributed by atoms with E-state index in [9.17, 15) is 5.11 Å². The molecule has 0 saturated heterocycles. The molecule has 0 aliphatic heterocycles. The molecule has 2 aliphatic carbocycles. The Kier molecular flexibility index (Phi) is 3.99. The van der Waals surface area contributed by atoms with Crippen molar-refractivity contribution in [2.75, 3.05) is 0 Å². The maximum absolute atomic E-state index is 11.3. The van der Waals surface area contributed by atoms with Gasteiger partial charge in [0.25, 0.3) is 0 Å². The molecule has 2 aromatic rings. The number of aromatic hydroxyl groups is 1. The Bertz CT molecular complexity index is 820. The van der Waals surface area contributed by atoms with Gasteiger partial charge in [0, 0.05) is 11.5 Å². The third-order valence-corrected chi connectivity index (χ3v) is 8.25. The summed E-state index contributed by atoms with van der Waals surface area (Å²) in [4.78, 5) is 0. The van der Waals surface area contributed by atoms with Gasteiger partial charge in [0.1, 0.15) is 5.75 Å². The predicted octanol–water partition coefficient (Wildman–Crippen LogP) is 6.78. The predicted molar refractivity (Wildman–Crippen MR) is 109 cm³/mol. The van der Waals surface area contributed by atoms with E-state index < -0.39 is 0 Å². The van der Waals surface area contributed by atoms with Gasteiger partial charge in [0.05, 0.1) is 0 Å². The number of hydrogen-bond donors (Lipinski definition) is 1. The van der Waals surface area contributed by atoms with Crippen molar-refractivity contribution in [2.45, 2.75) is 65.7 Å². The summed E-state index contributed by atoms with van der Waals surface area (Å²) < 4.78 is 0. The SMILES string of the molecule is Cc1cc(C(C)c2ccccc2)c(O)c(C2CC3CCC2(C)C3(C)C)c1. The van der Waals surface area contributed by atoms with E-state index in [1.807, 2.05) is 0 Å². The molecule has 4 rings (SSSR count). The van der Waals surface area contributed by atoms with Crippen molar-refractivity contribution in [2.24, 2.45) is 16.7 Å². The number of phenolic OH excluding ortho intramolecular Hbond substituents is 1. The average molecular weight is 349 g/mol. The molecule has 4 atom stereocenters. The molecular formula is C25H32O. The summed E-state index contributed by atoms with van der Waals surface area (Å²) in [6, 6.07) is 15.0. The van der Waals surface area contributed by atoms with Gasteiger partial charge >= 0.3 is 0 Å². The third-order valence-electron chi connectivity index (χ3n) is 8.25. The van der Waals surface area contributed by atoms with Crippen LogP contribution < -0.4 is 0 Å². The van der Waals surface area contributed by atoms with Crippen molar-refractivity contribution in [3.05, 3.63) is 64.7 Å². The van der Waals surface area contributed by atoms with Crippen LogP contribution in [0.4, 0.5) is 0 Å². The topological polar surface area (TPSA) is 20.2 Å². The van der Waals surface area contributed by atoms with Gasteiger partial charge in [-0.2, -0.15) is 0 Å². The number of aryl methyl sites for hydroxylation is 1. The lowest BCUT2D eigenvalue weighted by molar-refractivity contribution is 0.133. The van der Waals surface area contributed by atoms with Crippen LogP contribution in [0.5, 0.6) is 5.75 Å². The molecule has 2 bridgehead atoms. The fourth-order valence-electron chi connectivity index (χ4n) is 6.03. The van der Waals surface area contributed by atoms with Gasteiger partial charge in [-0.3, -0.25) is 0 Å². The zero-order chi connectivity index (χ0) is 18.7. The van der Waals surface area contributed by atoms with Crippen molar-refractivity contribution in [1.29, 1.82) is 0 Å². The van der Waals surface area contributed by atoms with Crippen LogP contribution >= 0.6 is 0 Å². The first-order chi connectivity index (χ1) is 12.3. The minimum absolute atomic E-state index is 0.203. The highest BCUT2D eigenvalue weighted by Gasteiger charge is 2.61. The minimum Gasteiger partial charge on any atom is -0.507 e. The van der Waals surface area contributed by atoms with Crippen LogP contribution in [0.15, 0.2) is 42.5 Å². The smallest absolute Gasteiger partial charge is 0.122 e. The molecule has 2 saturated carbocycles. The quantitative estimate of drug-likeness (QED) is 0.648. The molecular weight excluding hydrogens is 316 g/mol. The van der Waals surface area contributed by atoms with Crippen molar-refractivity contribution in [1.82, 2.24) is 0 Å². The number of phenols is 1. The Morgan fingerprint density at radius 1 is 1.08 bits per heavy atom. The number of rotatable bonds is 3. The molecule has 0 aromatic heterocycles. The molecule has 2 aliphatic rings. The van der Waals surface area contributed by atoms with E-state index >= 15 is 0 Å². The van der Waals surface area contributed by atoms with Gasteiger partial charge < -0.3 is 5.11 Å². The van der Waals surface area contributed by atoms with Crippen LogP contribution in [0.1, 0.15) is 81.0 Å². The molecule has 26 heavy (non-hydrogen) atoms. The van der Waals surface area contributed by atoms with Gasteiger partial charge in [-0.15, -0.1) is 0 Å². The molecule has 0 spiro atoms. The summed E-state index contributed by atoms with van der Waals surface area (Å²) in [6.45, 7) is 11.7. The molecule has 1 N–H and O–H groups in total. The van der Waals surface area contributed by atoms with E-state index in [0.29, 0.717) is 17.1 Å². The fraction of sp³-hybridized carbons (Fsp3) is 0.520. The number of hydrogen-bond acceptors (Lipinski definition) is 1. The van der Waals surface area contributed by atoms with Crippen LogP contribution in [0.3, 0.4) is 0 Å². The molecule has 138 valence electrons. The number of fused-ring (bicyclic) bond motifs is 2. The Labute approximate surface area is 158 Å². The highest BCUT2D eigenvalue weighted by molar-refractivity contribution is 5.51. The molecule has 2 aromatic carbocycles. The maximum atomic E-state index is 11.3. The first-order valence-corrected chi connectivity index (χ1v) is 10.1. The van der Waals surface area contributed by atoms with Crippen LogP contribution in [0, 0.1) is 23.7 Å². The van der Waals surface area contributed by atoms with E-state index in [2.05, 4.69) is 77.1 Å². The molecule has 0 radical (unpaired) electrons. The van der Waals surface area contributed by atoms with Gasteiger partial charge in [-0.1, -0.05) is 75.7 Å². The zero-order valence-electron chi connectivity index (χ0n) is 16.8. The Balaban J connectivity index is 1.79. The van der Waals surface area contributed by atoms with Crippen molar-refractivity contribution >= 4 is 0 Å². The third kappa shape index (κ3) is 2.36. The van der Waals surface area contributed by atoms with Crippen LogP contribution in [0.2, 0.25) is 0 Å². The minimum atomic E-state index is 0.203. The van der Waals surface area contributed by atoms with Crippen molar-refractivity contribution in [3.63, 3.8) is 0 Å². The second-order valence-electron chi connectivity index (χ2n) is 9.59. The highest BCUT2D eigenvalue weighted by Crippen LogP contribution is 2.71. The second-order valence-corrected chi connectivity index (χ2v) is 9.59. The summed E-state index contributed by atoms with van der Waals surface area (Å²) >= 11 is 0. The van der Waals surface area contributed by atoms with Crippen molar-refractivity contribution < 1.29 is 5.11 Å². The standard InChI is InChI=1S/C25H32O/c1-16-13-20(17(2)18-9-7-6-8-10-18)23(26)21(14-16)22-15-19-11-12-25(22,5)24(19,3)4/h6-10,13-14,17,19,22,26H,11-12,15H2,1-5H3. The summed E-state index contributed by atoms with van der Waals surface area (Å²) in [5, 5.41) is 11.3. The van der Waals surface area contributed by atoms with Gasteiger partial charge in [0.2, 0.25) is 0 Å². The molecule has 1 heteroatoms. The summed E-state index contributed by atoms with van der Waals surface area (Å²) in [5.74, 6) is 2.00. The summed E-state index contributed by atoms with van der Waals surface area (Å²) in [7, 11) is 0.